The minimum Gasteiger partial charge on any atom is -0.352 e. The van der Waals surface area contributed by atoms with Crippen LogP contribution in [0.2, 0.25) is 5.02 Å². The second kappa shape index (κ2) is 5.36. The molecular weight excluding hydrogens is 308 g/mol. The topological polar surface area (TPSA) is 17.0 Å². The quantitative estimate of drug-likeness (QED) is 0.907. The molecule has 0 aliphatic rings. The van der Waals surface area contributed by atoms with Crippen LogP contribution < -0.4 is 5.32 Å². The Kier molecular flexibility index (Phi) is 4.08. The van der Waals surface area contributed by atoms with Gasteiger partial charge in [-0.1, -0.05) is 11.6 Å². The van der Waals surface area contributed by atoms with Crippen molar-refractivity contribution in [1.29, 1.82) is 0 Å². The highest BCUT2D eigenvalue weighted by molar-refractivity contribution is 9.11. The molecule has 0 aromatic carbocycles. The highest BCUT2D eigenvalue weighted by Gasteiger charge is 2.01. The van der Waals surface area contributed by atoms with Crippen LogP contribution in [0, 0.1) is 0 Å². The highest BCUT2D eigenvalue weighted by atomic mass is 79.9. The Hall–Kier alpha value is -0.290. The molecule has 2 rings (SSSR count). The van der Waals surface area contributed by atoms with E-state index in [4.69, 9.17) is 11.6 Å². The first-order chi connectivity index (χ1) is 7.65. The second-order valence-electron chi connectivity index (χ2n) is 3.62. The van der Waals surface area contributed by atoms with Crippen LogP contribution in [-0.2, 0) is 20.1 Å². The van der Waals surface area contributed by atoms with Crippen LogP contribution in [-0.4, -0.2) is 4.57 Å². The molecule has 0 atom stereocenters. The van der Waals surface area contributed by atoms with Crippen molar-refractivity contribution in [2.75, 3.05) is 0 Å². The monoisotopic (exact) mass is 318 g/mol. The van der Waals surface area contributed by atoms with Gasteiger partial charge in [0.25, 0.3) is 0 Å². The summed E-state index contributed by atoms with van der Waals surface area (Å²) in [5, 5.41) is 6.33. The van der Waals surface area contributed by atoms with E-state index in [0.717, 1.165) is 18.1 Å². The van der Waals surface area contributed by atoms with E-state index < -0.39 is 0 Å². The standard InChI is InChI=1S/C11H12BrClN2S/c1-15-6-9(13)3-10(15)5-14-4-8-2-11(12)16-7-8/h2-3,6-7,14H,4-5H2,1H3. The normalized spacial score (nSPS) is 10.9. The molecule has 2 aromatic rings. The van der Waals surface area contributed by atoms with E-state index in [1.54, 1.807) is 11.3 Å². The van der Waals surface area contributed by atoms with Crippen molar-refractivity contribution in [3.05, 3.63) is 43.8 Å². The minimum atomic E-state index is 0.789. The van der Waals surface area contributed by atoms with Crippen molar-refractivity contribution in [3.8, 4) is 0 Å². The molecule has 0 bridgehead atoms. The first-order valence-corrected chi connectivity index (χ1v) is 6.94. The Morgan fingerprint density at radius 3 is 2.81 bits per heavy atom. The van der Waals surface area contributed by atoms with Gasteiger partial charge in [0.15, 0.2) is 0 Å². The lowest BCUT2D eigenvalue weighted by atomic mass is 10.3. The number of hydrogen-bond donors (Lipinski definition) is 1. The Morgan fingerprint density at radius 1 is 1.44 bits per heavy atom. The summed E-state index contributed by atoms with van der Waals surface area (Å²) in [7, 11) is 2.00. The number of aryl methyl sites for hydroxylation is 1. The van der Waals surface area contributed by atoms with Crippen molar-refractivity contribution in [2.24, 2.45) is 7.05 Å². The van der Waals surface area contributed by atoms with Gasteiger partial charge >= 0.3 is 0 Å². The van der Waals surface area contributed by atoms with Crippen LogP contribution in [0.5, 0.6) is 0 Å². The zero-order valence-electron chi connectivity index (χ0n) is 8.84. The van der Waals surface area contributed by atoms with Gasteiger partial charge in [-0.15, -0.1) is 11.3 Å². The molecule has 2 aromatic heterocycles. The van der Waals surface area contributed by atoms with Crippen molar-refractivity contribution in [3.63, 3.8) is 0 Å². The van der Waals surface area contributed by atoms with Crippen molar-refractivity contribution in [2.45, 2.75) is 13.1 Å². The van der Waals surface area contributed by atoms with Crippen LogP contribution in [0.25, 0.3) is 0 Å². The van der Waals surface area contributed by atoms with E-state index in [-0.39, 0.29) is 0 Å². The van der Waals surface area contributed by atoms with E-state index in [2.05, 4.69) is 32.7 Å². The first kappa shape index (κ1) is 12.2. The summed E-state index contributed by atoms with van der Waals surface area (Å²) in [5.41, 5.74) is 2.50. The summed E-state index contributed by atoms with van der Waals surface area (Å²) in [5.74, 6) is 0. The smallest absolute Gasteiger partial charge is 0.0701 e. The van der Waals surface area contributed by atoms with E-state index in [9.17, 15) is 0 Å². The summed E-state index contributed by atoms with van der Waals surface area (Å²) < 4.78 is 3.21. The van der Waals surface area contributed by atoms with Gasteiger partial charge in [0.05, 0.1) is 8.81 Å². The molecule has 1 N–H and O–H groups in total. The molecule has 0 radical (unpaired) electrons. The zero-order chi connectivity index (χ0) is 11.5. The number of thiophene rings is 1. The zero-order valence-corrected chi connectivity index (χ0v) is 12.0. The third-order valence-electron chi connectivity index (χ3n) is 2.33. The van der Waals surface area contributed by atoms with Crippen LogP contribution in [0.4, 0.5) is 0 Å². The van der Waals surface area contributed by atoms with Crippen LogP contribution in [0.15, 0.2) is 27.5 Å². The lowest BCUT2D eigenvalue weighted by Gasteiger charge is -2.04. The van der Waals surface area contributed by atoms with Gasteiger partial charge in [0.2, 0.25) is 0 Å². The van der Waals surface area contributed by atoms with Crippen LogP contribution in [0.1, 0.15) is 11.3 Å². The molecule has 0 aliphatic heterocycles. The van der Waals surface area contributed by atoms with E-state index in [0.29, 0.717) is 0 Å². The van der Waals surface area contributed by atoms with Gasteiger partial charge in [-0.2, -0.15) is 0 Å². The van der Waals surface area contributed by atoms with Gasteiger partial charge in [0.1, 0.15) is 0 Å². The molecule has 2 heterocycles. The summed E-state index contributed by atoms with van der Waals surface area (Å²) in [6.07, 6.45) is 1.92. The Bertz CT molecular complexity index is 478. The van der Waals surface area contributed by atoms with Crippen LogP contribution >= 0.6 is 38.9 Å². The fourth-order valence-corrected chi connectivity index (χ4v) is 3.00. The van der Waals surface area contributed by atoms with Gasteiger partial charge < -0.3 is 9.88 Å². The Balaban J connectivity index is 1.86. The fraction of sp³-hybridized carbons (Fsp3) is 0.273. The third kappa shape index (κ3) is 3.10. The Labute approximate surface area is 112 Å². The van der Waals surface area contributed by atoms with Gasteiger partial charge in [-0.05, 0) is 39.0 Å². The highest BCUT2D eigenvalue weighted by Crippen LogP contribution is 2.20. The van der Waals surface area contributed by atoms with Gasteiger partial charge in [0, 0.05) is 32.0 Å². The predicted molar refractivity (Wildman–Crippen MR) is 73.0 cm³/mol. The second-order valence-corrected chi connectivity index (χ2v) is 6.35. The first-order valence-electron chi connectivity index (χ1n) is 4.89. The maximum absolute atomic E-state index is 5.91. The number of nitrogens with one attached hydrogen (secondary N) is 1. The molecule has 0 unspecified atom stereocenters. The number of aromatic nitrogens is 1. The Morgan fingerprint density at radius 2 is 2.25 bits per heavy atom. The molecule has 0 fully saturated rings. The largest absolute Gasteiger partial charge is 0.352 e. The average molecular weight is 320 g/mol. The summed E-state index contributed by atoms with van der Waals surface area (Å²) >= 11 is 11.1. The third-order valence-corrected chi connectivity index (χ3v) is 4.09. The summed E-state index contributed by atoms with van der Waals surface area (Å²) in [4.78, 5) is 0. The van der Waals surface area contributed by atoms with Crippen molar-refractivity contribution >= 4 is 38.9 Å². The molecule has 2 nitrogen and oxygen atoms in total. The van der Waals surface area contributed by atoms with E-state index in [1.807, 2.05) is 23.9 Å². The number of halogens is 2. The summed E-state index contributed by atoms with van der Waals surface area (Å²) in [6, 6.07) is 4.12. The molecule has 0 amide bonds. The SMILES string of the molecule is Cn1cc(Cl)cc1CNCc1csc(Br)c1. The molecule has 86 valence electrons. The van der Waals surface area contributed by atoms with Gasteiger partial charge in [-0.25, -0.2) is 0 Å². The lowest BCUT2D eigenvalue weighted by Crippen LogP contribution is -2.14. The molecule has 16 heavy (non-hydrogen) atoms. The molecule has 0 spiro atoms. The van der Waals surface area contributed by atoms with Crippen molar-refractivity contribution in [1.82, 2.24) is 9.88 Å². The predicted octanol–water partition coefficient (Wildman–Crippen LogP) is 3.79. The molecule has 0 saturated heterocycles. The number of rotatable bonds is 4. The maximum atomic E-state index is 5.91. The number of hydrogen-bond acceptors (Lipinski definition) is 2. The number of nitrogens with zero attached hydrogens (tertiary/aromatic N) is 1. The van der Waals surface area contributed by atoms with Crippen LogP contribution in [0.3, 0.4) is 0 Å². The average Bonchev–Trinajstić information content (AvgIpc) is 2.74. The van der Waals surface area contributed by atoms with E-state index >= 15 is 0 Å². The molecular formula is C11H12BrClN2S. The minimum absolute atomic E-state index is 0.789. The van der Waals surface area contributed by atoms with E-state index in [1.165, 1.54) is 15.0 Å². The summed E-state index contributed by atoms with van der Waals surface area (Å²) in [6.45, 7) is 1.71. The van der Waals surface area contributed by atoms with Crippen molar-refractivity contribution < 1.29 is 0 Å². The molecule has 5 heteroatoms. The lowest BCUT2D eigenvalue weighted by molar-refractivity contribution is 0.656. The molecule has 0 aliphatic carbocycles. The maximum Gasteiger partial charge on any atom is 0.0701 e. The van der Waals surface area contributed by atoms with Gasteiger partial charge in [-0.3, -0.25) is 0 Å². The fourth-order valence-electron chi connectivity index (χ4n) is 1.52. The molecule has 0 saturated carbocycles.